The molecule has 1 fully saturated rings. The van der Waals surface area contributed by atoms with Gasteiger partial charge in [0, 0.05) is 19.6 Å². The van der Waals surface area contributed by atoms with Crippen molar-refractivity contribution in [1.82, 2.24) is 9.03 Å². The molecule has 1 aliphatic rings. The maximum Gasteiger partial charge on any atom is 0.279 e. The molecule has 7 heteroatoms. The van der Waals surface area contributed by atoms with Crippen LogP contribution in [0, 0.1) is 5.82 Å². The Morgan fingerprint density at radius 1 is 1.24 bits per heavy atom. The molecule has 1 aliphatic heterocycles. The molecule has 21 heavy (non-hydrogen) atoms. The van der Waals surface area contributed by atoms with E-state index >= 15 is 0 Å². The van der Waals surface area contributed by atoms with E-state index in [0.717, 1.165) is 5.56 Å². The first kappa shape index (κ1) is 16.4. The third-order valence-corrected chi connectivity index (χ3v) is 4.88. The van der Waals surface area contributed by atoms with Gasteiger partial charge in [0.25, 0.3) is 10.2 Å². The summed E-state index contributed by atoms with van der Waals surface area (Å²) in [6.07, 6.45) is 0.305. The highest BCUT2D eigenvalue weighted by Gasteiger charge is 2.30. The molecule has 0 radical (unpaired) electrons. The predicted molar refractivity (Wildman–Crippen MR) is 78.6 cm³/mol. The van der Waals surface area contributed by atoms with Gasteiger partial charge in [0.2, 0.25) is 0 Å². The van der Waals surface area contributed by atoms with Crippen LogP contribution in [0.4, 0.5) is 4.39 Å². The Hall–Kier alpha value is -1.02. The van der Waals surface area contributed by atoms with Crippen LogP contribution >= 0.6 is 0 Å². The van der Waals surface area contributed by atoms with Gasteiger partial charge in [-0.3, -0.25) is 0 Å². The molecule has 0 aliphatic carbocycles. The van der Waals surface area contributed by atoms with Gasteiger partial charge < -0.3 is 4.74 Å². The summed E-state index contributed by atoms with van der Waals surface area (Å²) in [6.45, 7) is 4.72. The Bertz CT molecular complexity index is 552. The zero-order valence-corrected chi connectivity index (χ0v) is 13.1. The molecule has 0 amide bonds. The van der Waals surface area contributed by atoms with E-state index < -0.39 is 10.2 Å². The number of benzene rings is 1. The van der Waals surface area contributed by atoms with Crippen LogP contribution in [-0.4, -0.2) is 44.6 Å². The van der Waals surface area contributed by atoms with Crippen LogP contribution in [0.2, 0.25) is 0 Å². The largest absolute Gasteiger partial charge is 0.373 e. The molecule has 0 unspecified atom stereocenters. The van der Waals surface area contributed by atoms with Gasteiger partial charge in [0.1, 0.15) is 5.82 Å². The van der Waals surface area contributed by atoms with E-state index in [1.807, 2.05) is 13.8 Å². The van der Waals surface area contributed by atoms with E-state index in [-0.39, 0.29) is 24.6 Å². The molecule has 1 aromatic rings. The average molecular weight is 316 g/mol. The first-order valence-corrected chi connectivity index (χ1v) is 8.45. The van der Waals surface area contributed by atoms with Gasteiger partial charge in [-0.05, 0) is 38.0 Å². The maximum atomic E-state index is 12.8. The fourth-order valence-electron chi connectivity index (χ4n) is 2.39. The molecule has 1 saturated heterocycles. The van der Waals surface area contributed by atoms with Crippen LogP contribution in [0.1, 0.15) is 19.4 Å². The molecule has 0 saturated carbocycles. The number of morpholine rings is 1. The van der Waals surface area contributed by atoms with Crippen molar-refractivity contribution in [2.75, 3.05) is 19.6 Å². The standard InChI is InChI=1S/C14H21FN2O3S/c1-11-9-17(10-12(2)20-11)21(18,19)16-8-7-13-3-5-14(15)6-4-13/h3-6,11-12,16H,7-10H2,1-2H3/t11-,12-/m1/s1. The normalized spacial score (nSPS) is 24.1. The van der Waals surface area contributed by atoms with E-state index in [2.05, 4.69) is 4.72 Å². The molecule has 1 heterocycles. The highest BCUT2D eigenvalue weighted by molar-refractivity contribution is 7.87. The van der Waals surface area contributed by atoms with Crippen molar-refractivity contribution in [3.63, 3.8) is 0 Å². The van der Waals surface area contributed by atoms with E-state index in [0.29, 0.717) is 19.5 Å². The average Bonchev–Trinajstić information content (AvgIpc) is 2.40. The smallest absolute Gasteiger partial charge is 0.279 e. The third kappa shape index (κ3) is 4.74. The van der Waals surface area contributed by atoms with Crippen molar-refractivity contribution in [3.8, 4) is 0 Å². The molecule has 0 spiro atoms. The Morgan fingerprint density at radius 2 is 1.81 bits per heavy atom. The van der Waals surface area contributed by atoms with Gasteiger partial charge in [-0.15, -0.1) is 0 Å². The van der Waals surface area contributed by atoms with Gasteiger partial charge in [-0.25, -0.2) is 9.11 Å². The first-order valence-electron chi connectivity index (χ1n) is 7.01. The zero-order chi connectivity index (χ0) is 15.5. The summed E-state index contributed by atoms with van der Waals surface area (Å²) in [5.41, 5.74) is 0.891. The zero-order valence-electron chi connectivity index (χ0n) is 12.3. The van der Waals surface area contributed by atoms with Crippen LogP contribution < -0.4 is 4.72 Å². The molecule has 0 aromatic heterocycles. The van der Waals surface area contributed by atoms with Crippen molar-refractivity contribution < 1.29 is 17.5 Å². The second-order valence-electron chi connectivity index (χ2n) is 5.35. The number of hydrogen-bond acceptors (Lipinski definition) is 3. The summed E-state index contributed by atoms with van der Waals surface area (Å²) in [7, 11) is -3.50. The lowest BCUT2D eigenvalue weighted by molar-refractivity contribution is -0.0443. The van der Waals surface area contributed by atoms with Gasteiger partial charge >= 0.3 is 0 Å². The molecule has 2 rings (SSSR count). The molecular weight excluding hydrogens is 295 g/mol. The minimum Gasteiger partial charge on any atom is -0.373 e. The number of rotatable bonds is 5. The number of nitrogens with zero attached hydrogens (tertiary/aromatic N) is 1. The summed E-state index contributed by atoms with van der Waals surface area (Å²) >= 11 is 0. The topological polar surface area (TPSA) is 58.6 Å². The van der Waals surface area contributed by atoms with Crippen LogP contribution in [0.15, 0.2) is 24.3 Å². The fourth-order valence-corrected chi connectivity index (χ4v) is 3.75. The second kappa shape index (κ2) is 6.83. The summed E-state index contributed by atoms with van der Waals surface area (Å²) in [4.78, 5) is 0. The minimum absolute atomic E-state index is 0.109. The quantitative estimate of drug-likeness (QED) is 0.891. The Labute approximate surface area is 125 Å². The Balaban J connectivity index is 1.87. The molecule has 1 aromatic carbocycles. The highest BCUT2D eigenvalue weighted by Crippen LogP contribution is 2.13. The maximum absolute atomic E-state index is 12.8. The third-order valence-electron chi connectivity index (χ3n) is 3.34. The first-order chi connectivity index (χ1) is 9.87. The Kier molecular flexibility index (Phi) is 5.32. The van der Waals surface area contributed by atoms with Crippen LogP contribution in [0.5, 0.6) is 0 Å². The predicted octanol–water partition coefficient (Wildman–Crippen LogP) is 1.31. The van der Waals surface area contributed by atoms with Crippen LogP contribution in [0.25, 0.3) is 0 Å². The second-order valence-corrected chi connectivity index (χ2v) is 7.11. The van der Waals surface area contributed by atoms with E-state index in [9.17, 15) is 12.8 Å². The molecular formula is C14H21FN2O3S. The van der Waals surface area contributed by atoms with Crippen molar-refractivity contribution in [3.05, 3.63) is 35.6 Å². The lowest BCUT2D eigenvalue weighted by Gasteiger charge is -2.34. The monoisotopic (exact) mass is 316 g/mol. The number of nitrogens with one attached hydrogen (secondary N) is 1. The molecule has 5 nitrogen and oxygen atoms in total. The summed E-state index contributed by atoms with van der Waals surface area (Å²) in [5, 5.41) is 0. The number of ether oxygens (including phenoxy) is 1. The van der Waals surface area contributed by atoms with Crippen LogP contribution in [0.3, 0.4) is 0 Å². The summed E-state index contributed by atoms with van der Waals surface area (Å²) in [6, 6.07) is 6.05. The van der Waals surface area contributed by atoms with Gasteiger partial charge in [0.15, 0.2) is 0 Å². The lowest BCUT2D eigenvalue weighted by atomic mass is 10.1. The van der Waals surface area contributed by atoms with E-state index in [1.165, 1.54) is 16.4 Å². The van der Waals surface area contributed by atoms with E-state index in [1.54, 1.807) is 12.1 Å². The lowest BCUT2D eigenvalue weighted by Crippen LogP contribution is -2.52. The van der Waals surface area contributed by atoms with Gasteiger partial charge in [-0.1, -0.05) is 12.1 Å². The molecule has 0 bridgehead atoms. The van der Waals surface area contributed by atoms with Crippen LogP contribution in [-0.2, 0) is 21.4 Å². The summed E-state index contributed by atoms with van der Waals surface area (Å²) in [5.74, 6) is -0.296. The highest BCUT2D eigenvalue weighted by atomic mass is 32.2. The van der Waals surface area contributed by atoms with Crippen molar-refractivity contribution in [1.29, 1.82) is 0 Å². The van der Waals surface area contributed by atoms with Gasteiger partial charge in [0.05, 0.1) is 12.2 Å². The molecule has 118 valence electrons. The SMILES string of the molecule is C[C@@H]1CN(S(=O)(=O)NCCc2ccc(F)cc2)C[C@@H](C)O1. The Morgan fingerprint density at radius 3 is 2.38 bits per heavy atom. The van der Waals surface area contributed by atoms with Crippen molar-refractivity contribution in [2.45, 2.75) is 32.5 Å². The number of halogens is 1. The number of hydrogen-bond donors (Lipinski definition) is 1. The molecule has 2 atom stereocenters. The summed E-state index contributed by atoms with van der Waals surface area (Å²) < 4.78 is 46.7. The fraction of sp³-hybridized carbons (Fsp3) is 0.571. The van der Waals surface area contributed by atoms with E-state index in [4.69, 9.17) is 4.74 Å². The minimum atomic E-state index is -3.50. The van der Waals surface area contributed by atoms with Crippen molar-refractivity contribution in [2.24, 2.45) is 0 Å². The van der Waals surface area contributed by atoms with Crippen molar-refractivity contribution >= 4 is 10.2 Å². The molecule has 1 N–H and O–H groups in total. The van der Waals surface area contributed by atoms with Gasteiger partial charge in [-0.2, -0.15) is 12.7 Å².